The Morgan fingerprint density at radius 1 is 1.40 bits per heavy atom. The van der Waals surface area contributed by atoms with Gasteiger partial charge in [0.1, 0.15) is 0 Å². The molecule has 1 atom stereocenters. The number of halogens is 1. The molecule has 1 N–H and O–H groups in total. The summed E-state index contributed by atoms with van der Waals surface area (Å²) in [4.78, 5) is 14.7. The number of nitrogens with one attached hydrogen (secondary N) is 1. The van der Waals surface area contributed by atoms with Crippen LogP contribution in [0.25, 0.3) is 0 Å². The summed E-state index contributed by atoms with van der Waals surface area (Å²) in [7, 11) is 0. The predicted octanol–water partition coefficient (Wildman–Crippen LogP) is 2.89. The van der Waals surface area contributed by atoms with Gasteiger partial charge in [0.15, 0.2) is 0 Å². The molecule has 0 aromatic heterocycles. The van der Waals surface area contributed by atoms with Gasteiger partial charge in [-0.25, -0.2) is 0 Å². The van der Waals surface area contributed by atoms with Crippen LogP contribution >= 0.6 is 12.4 Å². The second-order valence-electron chi connectivity index (χ2n) is 5.88. The third-order valence-corrected chi connectivity index (χ3v) is 4.37. The molecule has 0 saturated carbocycles. The fourth-order valence-electron chi connectivity index (χ4n) is 3.29. The monoisotopic (exact) mass is 294 g/mol. The first-order valence-corrected chi connectivity index (χ1v) is 7.31. The zero-order valence-electron chi connectivity index (χ0n) is 12.4. The highest BCUT2D eigenvalue weighted by molar-refractivity contribution is 6.01. The van der Waals surface area contributed by atoms with Gasteiger partial charge in [-0.15, -0.1) is 12.4 Å². The maximum absolute atomic E-state index is 12.7. The number of nitrogens with zero attached hydrogens (tertiary/aromatic N) is 1. The maximum atomic E-state index is 12.7. The lowest BCUT2D eigenvalue weighted by molar-refractivity contribution is 0.0690. The van der Waals surface area contributed by atoms with Gasteiger partial charge in [0.25, 0.3) is 5.91 Å². The van der Waals surface area contributed by atoms with Crippen molar-refractivity contribution in [2.24, 2.45) is 0 Å². The average Bonchev–Trinajstić information content (AvgIpc) is 2.72. The van der Waals surface area contributed by atoms with E-state index in [2.05, 4.69) is 38.2 Å². The van der Waals surface area contributed by atoms with Crippen LogP contribution in [0, 0.1) is 0 Å². The van der Waals surface area contributed by atoms with Crippen molar-refractivity contribution < 1.29 is 4.79 Å². The van der Waals surface area contributed by atoms with Gasteiger partial charge in [0.05, 0.1) is 6.04 Å². The number of benzene rings is 1. The molecule has 0 spiro atoms. The van der Waals surface area contributed by atoms with E-state index in [1.54, 1.807) is 0 Å². The lowest BCUT2D eigenvalue weighted by atomic mass is 9.89. The normalized spacial score (nSPS) is 20.7. The standard InChI is InChI=1S/C16H22N2O.ClH/c1-4-11-7-12(10(2)3)15-13(8-11)14-9-17-5-6-18(14)16(15)19;/h7-8,10,14,17H,4-6,9H2,1-3H3;1H/t14-;/m1./s1. The number of fused-ring (bicyclic) bond motifs is 3. The van der Waals surface area contributed by atoms with Gasteiger partial charge < -0.3 is 10.2 Å². The van der Waals surface area contributed by atoms with Gasteiger partial charge in [-0.05, 0) is 29.0 Å². The molecule has 1 aromatic rings. The molecule has 110 valence electrons. The van der Waals surface area contributed by atoms with Crippen molar-refractivity contribution >= 4 is 18.3 Å². The highest BCUT2D eigenvalue weighted by atomic mass is 35.5. The molecule has 2 aliphatic heterocycles. The van der Waals surface area contributed by atoms with E-state index in [4.69, 9.17) is 0 Å². The van der Waals surface area contributed by atoms with Gasteiger partial charge in [-0.1, -0.05) is 32.9 Å². The minimum atomic E-state index is 0. The minimum absolute atomic E-state index is 0. The molecule has 0 unspecified atom stereocenters. The second-order valence-corrected chi connectivity index (χ2v) is 5.88. The summed E-state index contributed by atoms with van der Waals surface area (Å²) in [6, 6.07) is 4.73. The number of rotatable bonds is 2. The Hall–Kier alpha value is -1.06. The number of piperazine rings is 1. The Labute approximate surface area is 127 Å². The van der Waals surface area contributed by atoms with Crippen molar-refractivity contribution in [1.29, 1.82) is 0 Å². The summed E-state index contributed by atoms with van der Waals surface area (Å²) in [5.74, 6) is 0.645. The molecule has 2 heterocycles. The second kappa shape index (κ2) is 5.74. The van der Waals surface area contributed by atoms with Crippen LogP contribution in [-0.4, -0.2) is 30.4 Å². The van der Waals surface area contributed by atoms with Crippen molar-refractivity contribution in [2.75, 3.05) is 19.6 Å². The van der Waals surface area contributed by atoms with Crippen LogP contribution in [-0.2, 0) is 6.42 Å². The third-order valence-electron chi connectivity index (χ3n) is 4.37. The van der Waals surface area contributed by atoms with E-state index in [9.17, 15) is 4.79 Å². The van der Waals surface area contributed by atoms with Gasteiger partial charge in [0.2, 0.25) is 0 Å². The van der Waals surface area contributed by atoms with Crippen molar-refractivity contribution in [3.05, 3.63) is 34.4 Å². The zero-order chi connectivity index (χ0) is 13.6. The molecule has 1 amide bonds. The largest absolute Gasteiger partial charge is 0.329 e. The van der Waals surface area contributed by atoms with Crippen LogP contribution in [0.5, 0.6) is 0 Å². The van der Waals surface area contributed by atoms with Crippen molar-refractivity contribution in [1.82, 2.24) is 10.2 Å². The van der Waals surface area contributed by atoms with Crippen LogP contribution in [0.15, 0.2) is 12.1 Å². The molecular weight excluding hydrogens is 272 g/mol. The summed E-state index contributed by atoms with van der Waals surface area (Å²) in [6.45, 7) is 9.17. The molecule has 4 heteroatoms. The highest BCUT2D eigenvalue weighted by Gasteiger charge is 2.39. The average molecular weight is 295 g/mol. The zero-order valence-corrected chi connectivity index (χ0v) is 13.2. The summed E-state index contributed by atoms with van der Waals surface area (Å²) in [5.41, 5.74) is 4.82. The fourth-order valence-corrected chi connectivity index (χ4v) is 3.29. The molecule has 3 nitrogen and oxygen atoms in total. The Kier molecular flexibility index (Phi) is 4.40. The highest BCUT2D eigenvalue weighted by Crippen LogP contribution is 2.39. The quantitative estimate of drug-likeness (QED) is 0.910. The number of hydrogen-bond donors (Lipinski definition) is 1. The van der Waals surface area contributed by atoms with E-state index in [-0.39, 0.29) is 24.4 Å². The summed E-state index contributed by atoms with van der Waals surface area (Å²) in [5, 5.41) is 3.41. The molecule has 1 fully saturated rings. The molecule has 1 saturated heterocycles. The number of hydrogen-bond acceptors (Lipinski definition) is 2. The van der Waals surface area contributed by atoms with E-state index in [1.165, 1.54) is 16.7 Å². The Morgan fingerprint density at radius 2 is 2.15 bits per heavy atom. The molecule has 0 bridgehead atoms. The molecule has 0 aliphatic carbocycles. The summed E-state index contributed by atoms with van der Waals surface area (Å²) < 4.78 is 0. The van der Waals surface area contributed by atoms with Gasteiger partial charge in [-0.2, -0.15) is 0 Å². The Morgan fingerprint density at radius 3 is 2.80 bits per heavy atom. The fraction of sp³-hybridized carbons (Fsp3) is 0.562. The van der Waals surface area contributed by atoms with Crippen molar-refractivity contribution in [3.63, 3.8) is 0 Å². The van der Waals surface area contributed by atoms with Crippen LogP contribution in [0.3, 0.4) is 0 Å². The van der Waals surface area contributed by atoms with Gasteiger partial charge in [0, 0.05) is 25.2 Å². The predicted molar refractivity (Wildman–Crippen MR) is 83.8 cm³/mol. The van der Waals surface area contributed by atoms with Gasteiger partial charge >= 0.3 is 0 Å². The first-order chi connectivity index (χ1) is 9.13. The maximum Gasteiger partial charge on any atom is 0.255 e. The molecule has 3 rings (SSSR count). The number of amides is 1. The van der Waals surface area contributed by atoms with Crippen molar-refractivity contribution in [3.8, 4) is 0 Å². The van der Waals surface area contributed by atoms with Crippen molar-refractivity contribution in [2.45, 2.75) is 39.2 Å². The van der Waals surface area contributed by atoms with Crippen LogP contribution in [0.1, 0.15) is 59.8 Å². The third kappa shape index (κ3) is 2.23. The number of aryl methyl sites for hydroxylation is 1. The van der Waals surface area contributed by atoms with E-state index < -0.39 is 0 Å². The Balaban J connectivity index is 0.00000147. The number of carbonyl (C=O) groups excluding carboxylic acids is 1. The smallest absolute Gasteiger partial charge is 0.255 e. The van der Waals surface area contributed by atoms with Crippen LogP contribution in [0.4, 0.5) is 0 Å². The first kappa shape index (κ1) is 15.3. The van der Waals surface area contributed by atoms with E-state index in [0.29, 0.717) is 5.92 Å². The molecule has 1 aromatic carbocycles. The molecule has 0 radical (unpaired) electrons. The SMILES string of the molecule is CCc1cc(C(C)C)c2c(c1)[C@H]1CNCCN1C2=O.Cl. The molecule has 20 heavy (non-hydrogen) atoms. The van der Waals surface area contributed by atoms with Crippen LogP contribution in [0.2, 0.25) is 0 Å². The number of carbonyl (C=O) groups is 1. The lowest BCUT2D eigenvalue weighted by Gasteiger charge is -2.30. The molecular formula is C16H23ClN2O. The summed E-state index contributed by atoms with van der Waals surface area (Å²) in [6.07, 6.45) is 1.03. The topological polar surface area (TPSA) is 32.3 Å². The van der Waals surface area contributed by atoms with Gasteiger partial charge in [-0.3, -0.25) is 4.79 Å². The molecule has 2 aliphatic rings. The minimum Gasteiger partial charge on any atom is -0.329 e. The lowest BCUT2D eigenvalue weighted by Crippen LogP contribution is -2.44. The van der Waals surface area contributed by atoms with E-state index in [1.807, 2.05) is 4.90 Å². The Bertz CT molecular complexity index is 527. The van der Waals surface area contributed by atoms with Crippen LogP contribution < -0.4 is 5.32 Å². The summed E-state index contributed by atoms with van der Waals surface area (Å²) >= 11 is 0. The first-order valence-electron chi connectivity index (χ1n) is 7.31. The van der Waals surface area contributed by atoms with E-state index in [0.717, 1.165) is 31.6 Å². The van der Waals surface area contributed by atoms with E-state index >= 15 is 0 Å².